The first-order chi connectivity index (χ1) is 12.9. The third-order valence-corrected chi connectivity index (χ3v) is 4.77. The summed E-state index contributed by atoms with van der Waals surface area (Å²) < 4.78 is 5.33. The van der Waals surface area contributed by atoms with Gasteiger partial charge < -0.3 is 9.84 Å². The van der Waals surface area contributed by atoms with Crippen LogP contribution in [0, 0.1) is 0 Å². The first kappa shape index (κ1) is 16.7. The normalized spacial score (nSPS) is 14.7. The average Bonchev–Trinajstić information content (AvgIpc) is 3.18. The van der Waals surface area contributed by atoms with Crippen LogP contribution in [0.15, 0.2) is 64.4 Å². The van der Waals surface area contributed by atoms with Crippen molar-refractivity contribution in [2.24, 2.45) is 4.99 Å². The SMILES string of the molecule is c1ccc(-c2nc(CSC3=NCN(Cc4cccnc4)CN3)no2)cc1. The predicted octanol–water partition coefficient (Wildman–Crippen LogP) is 2.74. The third-order valence-electron chi connectivity index (χ3n) is 3.82. The predicted molar refractivity (Wildman–Crippen MR) is 101 cm³/mol. The Bertz CT molecular complexity index is 868. The molecule has 1 aliphatic rings. The maximum atomic E-state index is 5.33. The molecule has 8 heteroatoms. The summed E-state index contributed by atoms with van der Waals surface area (Å²) in [6, 6.07) is 13.8. The van der Waals surface area contributed by atoms with Crippen molar-refractivity contribution in [1.82, 2.24) is 25.3 Å². The van der Waals surface area contributed by atoms with Gasteiger partial charge in [0.25, 0.3) is 5.89 Å². The van der Waals surface area contributed by atoms with Crippen LogP contribution in [0.5, 0.6) is 0 Å². The first-order valence-electron chi connectivity index (χ1n) is 8.27. The number of rotatable bonds is 5. The molecule has 3 heterocycles. The van der Waals surface area contributed by atoms with E-state index in [1.165, 1.54) is 5.56 Å². The fraction of sp³-hybridized carbons (Fsp3) is 0.222. The van der Waals surface area contributed by atoms with E-state index < -0.39 is 0 Å². The molecule has 0 radical (unpaired) electrons. The molecule has 0 saturated heterocycles. The zero-order chi connectivity index (χ0) is 17.6. The molecule has 3 aromatic rings. The highest BCUT2D eigenvalue weighted by atomic mass is 32.2. The van der Waals surface area contributed by atoms with E-state index in [2.05, 4.69) is 36.4 Å². The standard InChI is InChI=1S/C18H18N6OS/c1-2-6-15(7-3-1)17-22-16(23-25-17)11-26-18-20-12-24(13-21-18)10-14-5-4-8-19-9-14/h1-9H,10-13H2,(H,20,21). The minimum Gasteiger partial charge on any atom is -0.352 e. The molecule has 1 aromatic carbocycles. The van der Waals surface area contributed by atoms with Crippen molar-refractivity contribution < 1.29 is 4.52 Å². The molecule has 7 nitrogen and oxygen atoms in total. The van der Waals surface area contributed by atoms with Gasteiger partial charge in [0.1, 0.15) is 0 Å². The second kappa shape index (κ2) is 8.11. The minimum absolute atomic E-state index is 0.544. The molecule has 132 valence electrons. The Morgan fingerprint density at radius 1 is 1.15 bits per heavy atom. The molecule has 0 bridgehead atoms. The number of aromatic nitrogens is 3. The Kier molecular flexibility index (Phi) is 5.22. The van der Waals surface area contributed by atoms with Gasteiger partial charge in [-0.1, -0.05) is 41.2 Å². The Hall–Kier alpha value is -2.71. The van der Waals surface area contributed by atoms with Crippen LogP contribution in [0.25, 0.3) is 11.5 Å². The second-order valence-corrected chi connectivity index (χ2v) is 6.76. The monoisotopic (exact) mass is 366 g/mol. The van der Waals surface area contributed by atoms with Crippen molar-refractivity contribution in [2.75, 3.05) is 13.3 Å². The van der Waals surface area contributed by atoms with Crippen molar-refractivity contribution >= 4 is 16.9 Å². The molecule has 1 N–H and O–H groups in total. The van der Waals surface area contributed by atoms with Gasteiger partial charge in [-0.15, -0.1) is 0 Å². The summed E-state index contributed by atoms with van der Waals surface area (Å²) in [4.78, 5) is 15.4. The zero-order valence-electron chi connectivity index (χ0n) is 14.1. The van der Waals surface area contributed by atoms with E-state index in [0.29, 0.717) is 24.1 Å². The fourth-order valence-electron chi connectivity index (χ4n) is 2.55. The molecule has 0 spiro atoms. The van der Waals surface area contributed by atoms with Crippen molar-refractivity contribution in [3.63, 3.8) is 0 Å². The van der Waals surface area contributed by atoms with Crippen molar-refractivity contribution in [1.29, 1.82) is 0 Å². The number of nitrogens with zero attached hydrogens (tertiary/aromatic N) is 5. The van der Waals surface area contributed by atoms with Gasteiger partial charge in [0.2, 0.25) is 0 Å². The molecular formula is C18H18N6OS. The highest BCUT2D eigenvalue weighted by Gasteiger charge is 2.14. The maximum Gasteiger partial charge on any atom is 0.257 e. The summed E-state index contributed by atoms with van der Waals surface area (Å²) in [5, 5.41) is 8.27. The van der Waals surface area contributed by atoms with E-state index in [1.807, 2.05) is 42.6 Å². The molecule has 2 aromatic heterocycles. The van der Waals surface area contributed by atoms with E-state index in [1.54, 1.807) is 18.0 Å². The van der Waals surface area contributed by atoms with E-state index in [-0.39, 0.29) is 0 Å². The molecule has 0 aliphatic carbocycles. The number of thioether (sulfide) groups is 1. The zero-order valence-corrected chi connectivity index (χ0v) is 14.9. The molecule has 4 rings (SSSR count). The van der Waals surface area contributed by atoms with Crippen molar-refractivity contribution in [3.05, 3.63) is 66.2 Å². The van der Waals surface area contributed by atoms with Crippen molar-refractivity contribution in [2.45, 2.75) is 12.3 Å². The summed E-state index contributed by atoms with van der Waals surface area (Å²) in [7, 11) is 0. The van der Waals surface area contributed by atoms with Gasteiger partial charge in [-0.25, -0.2) is 4.99 Å². The highest BCUT2D eigenvalue weighted by molar-refractivity contribution is 8.13. The quantitative estimate of drug-likeness (QED) is 0.744. The number of benzene rings is 1. The average molecular weight is 366 g/mol. The number of pyridine rings is 1. The number of nitrogens with one attached hydrogen (secondary N) is 1. The molecule has 0 saturated carbocycles. The molecule has 0 amide bonds. The lowest BCUT2D eigenvalue weighted by atomic mass is 10.2. The van der Waals surface area contributed by atoms with Crippen LogP contribution in [0.2, 0.25) is 0 Å². The Labute approximate surface area is 155 Å². The van der Waals surface area contributed by atoms with Crippen LogP contribution >= 0.6 is 11.8 Å². The number of amidine groups is 1. The van der Waals surface area contributed by atoms with E-state index in [9.17, 15) is 0 Å². The van der Waals surface area contributed by atoms with Gasteiger partial charge in [0.15, 0.2) is 11.0 Å². The van der Waals surface area contributed by atoms with E-state index in [0.717, 1.165) is 23.9 Å². The largest absolute Gasteiger partial charge is 0.352 e. The Balaban J connectivity index is 1.29. The lowest BCUT2D eigenvalue weighted by molar-refractivity contribution is 0.258. The maximum absolute atomic E-state index is 5.33. The molecule has 0 unspecified atom stereocenters. The van der Waals surface area contributed by atoms with Crippen LogP contribution in [0.4, 0.5) is 0 Å². The van der Waals surface area contributed by atoms with Gasteiger partial charge in [-0.2, -0.15) is 4.98 Å². The lowest BCUT2D eigenvalue weighted by Crippen LogP contribution is -2.41. The lowest BCUT2D eigenvalue weighted by Gasteiger charge is -2.26. The van der Waals surface area contributed by atoms with Crippen LogP contribution in [0.1, 0.15) is 11.4 Å². The van der Waals surface area contributed by atoms with E-state index >= 15 is 0 Å². The summed E-state index contributed by atoms with van der Waals surface area (Å²) in [5.74, 6) is 1.82. The molecule has 26 heavy (non-hydrogen) atoms. The fourth-order valence-corrected chi connectivity index (χ4v) is 3.24. The van der Waals surface area contributed by atoms with Crippen LogP contribution in [-0.2, 0) is 12.3 Å². The summed E-state index contributed by atoms with van der Waals surface area (Å²) in [6.45, 7) is 2.24. The first-order valence-corrected chi connectivity index (χ1v) is 9.26. The summed E-state index contributed by atoms with van der Waals surface area (Å²) >= 11 is 1.58. The molecule has 0 fully saturated rings. The molecule has 1 aliphatic heterocycles. The number of aliphatic imine (C=N–C) groups is 1. The van der Waals surface area contributed by atoms with Crippen LogP contribution < -0.4 is 5.32 Å². The highest BCUT2D eigenvalue weighted by Crippen LogP contribution is 2.19. The summed E-state index contributed by atoms with van der Waals surface area (Å²) in [6.07, 6.45) is 3.67. The Morgan fingerprint density at radius 3 is 2.85 bits per heavy atom. The number of hydrogen-bond acceptors (Lipinski definition) is 8. The topological polar surface area (TPSA) is 79.4 Å². The number of hydrogen-bond donors (Lipinski definition) is 1. The van der Waals surface area contributed by atoms with Gasteiger partial charge in [-0.3, -0.25) is 9.88 Å². The van der Waals surface area contributed by atoms with Gasteiger partial charge >= 0.3 is 0 Å². The van der Waals surface area contributed by atoms with Gasteiger partial charge in [0, 0.05) is 24.5 Å². The minimum atomic E-state index is 0.544. The second-order valence-electron chi connectivity index (χ2n) is 5.80. The molecule has 0 atom stereocenters. The Morgan fingerprint density at radius 2 is 2.08 bits per heavy atom. The molecular weight excluding hydrogens is 348 g/mol. The third kappa shape index (κ3) is 4.27. The van der Waals surface area contributed by atoms with Crippen molar-refractivity contribution in [3.8, 4) is 11.5 Å². The van der Waals surface area contributed by atoms with Crippen LogP contribution in [-0.4, -0.2) is 38.5 Å². The van der Waals surface area contributed by atoms with E-state index in [4.69, 9.17) is 4.52 Å². The van der Waals surface area contributed by atoms with Gasteiger partial charge in [0.05, 0.1) is 19.1 Å². The van der Waals surface area contributed by atoms with Gasteiger partial charge in [-0.05, 0) is 23.8 Å². The van der Waals surface area contributed by atoms with Crippen LogP contribution in [0.3, 0.4) is 0 Å². The smallest absolute Gasteiger partial charge is 0.257 e. The summed E-state index contributed by atoms with van der Waals surface area (Å²) in [5.41, 5.74) is 2.11.